The van der Waals surface area contributed by atoms with Gasteiger partial charge < -0.3 is 10.2 Å². The quantitative estimate of drug-likeness (QED) is 0.672. The molecule has 0 bridgehead atoms. The number of hydrogen-bond donors (Lipinski definition) is 1. The molecule has 1 fully saturated rings. The van der Waals surface area contributed by atoms with Crippen molar-refractivity contribution < 1.29 is 9.72 Å². The van der Waals surface area contributed by atoms with Gasteiger partial charge in [-0.05, 0) is 25.3 Å². The second kappa shape index (κ2) is 6.28. The molecule has 2 rings (SSSR count). The van der Waals surface area contributed by atoms with Gasteiger partial charge in [0.1, 0.15) is 0 Å². The number of rotatable bonds is 2. The molecule has 126 valence electrons. The predicted octanol–water partition coefficient (Wildman–Crippen LogP) is 2.71. The van der Waals surface area contributed by atoms with Crippen LogP contribution in [0.3, 0.4) is 0 Å². The molecule has 6 nitrogen and oxygen atoms in total. The van der Waals surface area contributed by atoms with Gasteiger partial charge in [-0.15, -0.1) is 0 Å². The first-order valence-electron chi connectivity index (χ1n) is 7.96. The van der Waals surface area contributed by atoms with E-state index >= 15 is 0 Å². The molecule has 0 aromatic heterocycles. The summed E-state index contributed by atoms with van der Waals surface area (Å²) in [6.45, 7) is 11.2. The van der Waals surface area contributed by atoms with Crippen LogP contribution in [0, 0.1) is 10.1 Å². The second-order valence-electron chi connectivity index (χ2n) is 7.22. The third-order valence-electron chi connectivity index (χ3n) is 4.54. The molecule has 1 aliphatic rings. The summed E-state index contributed by atoms with van der Waals surface area (Å²) >= 11 is 0. The SMILES string of the molecule is CC1NCCN(C(=O)c2ccc(C(C)(C)C)c([N+](=O)[O-])c2)C1C. The first kappa shape index (κ1) is 17.4. The van der Waals surface area contributed by atoms with Gasteiger partial charge in [0.15, 0.2) is 0 Å². The van der Waals surface area contributed by atoms with E-state index in [1.165, 1.54) is 6.07 Å². The zero-order valence-electron chi connectivity index (χ0n) is 14.4. The monoisotopic (exact) mass is 319 g/mol. The molecule has 23 heavy (non-hydrogen) atoms. The van der Waals surface area contributed by atoms with E-state index in [2.05, 4.69) is 5.32 Å². The maximum Gasteiger partial charge on any atom is 0.273 e. The van der Waals surface area contributed by atoms with Crippen LogP contribution in [-0.2, 0) is 5.41 Å². The number of nitro benzene ring substituents is 1. The highest BCUT2D eigenvalue weighted by atomic mass is 16.6. The van der Waals surface area contributed by atoms with Crippen molar-refractivity contribution in [2.24, 2.45) is 0 Å². The number of nitrogens with one attached hydrogen (secondary N) is 1. The Bertz CT molecular complexity index is 622. The Kier molecular flexibility index (Phi) is 4.75. The molecule has 1 amide bonds. The fourth-order valence-electron chi connectivity index (χ4n) is 2.96. The van der Waals surface area contributed by atoms with Gasteiger partial charge in [-0.25, -0.2) is 0 Å². The second-order valence-corrected chi connectivity index (χ2v) is 7.22. The lowest BCUT2D eigenvalue weighted by Gasteiger charge is -2.38. The number of benzene rings is 1. The van der Waals surface area contributed by atoms with E-state index in [0.717, 1.165) is 6.54 Å². The van der Waals surface area contributed by atoms with Gasteiger partial charge in [0.2, 0.25) is 0 Å². The Morgan fingerprint density at radius 3 is 2.57 bits per heavy atom. The predicted molar refractivity (Wildman–Crippen MR) is 89.8 cm³/mol. The number of carbonyl (C=O) groups excluding carboxylic acids is 1. The van der Waals surface area contributed by atoms with Gasteiger partial charge in [-0.2, -0.15) is 0 Å². The van der Waals surface area contributed by atoms with Gasteiger partial charge in [0.05, 0.1) is 4.92 Å². The smallest absolute Gasteiger partial charge is 0.273 e. The summed E-state index contributed by atoms with van der Waals surface area (Å²) in [6, 6.07) is 5.09. The number of carbonyl (C=O) groups is 1. The highest BCUT2D eigenvalue weighted by molar-refractivity contribution is 5.95. The molecule has 0 spiro atoms. The third kappa shape index (κ3) is 3.52. The average Bonchev–Trinajstić information content (AvgIpc) is 2.47. The molecule has 0 saturated carbocycles. The molecule has 2 unspecified atom stereocenters. The minimum absolute atomic E-state index is 0.0131. The van der Waals surface area contributed by atoms with E-state index in [1.54, 1.807) is 17.0 Å². The maximum atomic E-state index is 12.8. The first-order chi connectivity index (χ1) is 10.6. The molecule has 0 radical (unpaired) electrons. The van der Waals surface area contributed by atoms with Gasteiger partial charge >= 0.3 is 0 Å². The summed E-state index contributed by atoms with van der Waals surface area (Å²) in [6.07, 6.45) is 0. The molecule has 1 heterocycles. The van der Waals surface area contributed by atoms with Crippen LogP contribution in [0.25, 0.3) is 0 Å². The van der Waals surface area contributed by atoms with Crippen LogP contribution >= 0.6 is 0 Å². The van der Waals surface area contributed by atoms with Crippen molar-refractivity contribution in [2.45, 2.75) is 52.1 Å². The highest BCUT2D eigenvalue weighted by Crippen LogP contribution is 2.32. The van der Waals surface area contributed by atoms with E-state index in [1.807, 2.05) is 34.6 Å². The van der Waals surface area contributed by atoms with Gasteiger partial charge in [-0.1, -0.05) is 26.8 Å². The van der Waals surface area contributed by atoms with Crippen LogP contribution in [0.2, 0.25) is 0 Å². The molecular formula is C17H25N3O3. The van der Waals surface area contributed by atoms with E-state index in [9.17, 15) is 14.9 Å². The first-order valence-corrected chi connectivity index (χ1v) is 7.96. The lowest BCUT2D eigenvalue weighted by Crippen LogP contribution is -2.57. The van der Waals surface area contributed by atoms with Crippen molar-refractivity contribution in [3.8, 4) is 0 Å². The Balaban J connectivity index is 2.38. The topological polar surface area (TPSA) is 75.5 Å². The zero-order valence-corrected chi connectivity index (χ0v) is 14.4. The van der Waals surface area contributed by atoms with Crippen LogP contribution < -0.4 is 5.32 Å². The summed E-state index contributed by atoms with van der Waals surface area (Å²) < 4.78 is 0. The van der Waals surface area contributed by atoms with Crippen molar-refractivity contribution in [3.63, 3.8) is 0 Å². The minimum atomic E-state index is -0.402. The summed E-state index contributed by atoms with van der Waals surface area (Å²) in [5, 5.41) is 14.7. The maximum absolute atomic E-state index is 12.8. The Hall–Kier alpha value is -1.95. The number of hydrogen-bond acceptors (Lipinski definition) is 4. The fraction of sp³-hybridized carbons (Fsp3) is 0.588. The molecule has 0 aliphatic carbocycles. The van der Waals surface area contributed by atoms with Crippen molar-refractivity contribution in [3.05, 3.63) is 39.4 Å². The number of nitro groups is 1. The Morgan fingerprint density at radius 1 is 1.35 bits per heavy atom. The molecule has 1 aromatic carbocycles. The molecule has 1 aromatic rings. The van der Waals surface area contributed by atoms with Crippen molar-refractivity contribution in [1.82, 2.24) is 10.2 Å². The van der Waals surface area contributed by atoms with Crippen LogP contribution in [0.15, 0.2) is 18.2 Å². The third-order valence-corrected chi connectivity index (χ3v) is 4.54. The summed E-state index contributed by atoms with van der Waals surface area (Å²) in [5.74, 6) is -0.144. The van der Waals surface area contributed by atoms with Crippen molar-refractivity contribution in [2.75, 3.05) is 13.1 Å². The Labute approximate surface area is 137 Å². The molecule has 1 N–H and O–H groups in total. The normalized spacial score (nSPS) is 22.0. The van der Waals surface area contributed by atoms with Gasteiger partial charge in [0.25, 0.3) is 11.6 Å². The molecule has 1 aliphatic heterocycles. The fourth-order valence-corrected chi connectivity index (χ4v) is 2.96. The van der Waals surface area contributed by atoms with Crippen LogP contribution in [0.1, 0.15) is 50.5 Å². The van der Waals surface area contributed by atoms with Crippen LogP contribution in [0.4, 0.5) is 5.69 Å². The van der Waals surface area contributed by atoms with Gasteiger partial charge in [-0.3, -0.25) is 14.9 Å². The van der Waals surface area contributed by atoms with Gasteiger partial charge in [0, 0.05) is 42.4 Å². The van der Waals surface area contributed by atoms with E-state index in [0.29, 0.717) is 17.7 Å². The molecule has 1 saturated heterocycles. The van der Waals surface area contributed by atoms with Crippen LogP contribution in [0.5, 0.6) is 0 Å². The molecular weight excluding hydrogens is 294 g/mol. The van der Waals surface area contributed by atoms with Crippen LogP contribution in [-0.4, -0.2) is 40.9 Å². The van der Waals surface area contributed by atoms with Crippen molar-refractivity contribution >= 4 is 11.6 Å². The summed E-state index contributed by atoms with van der Waals surface area (Å²) in [7, 11) is 0. The summed E-state index contributed by atoms with van der Waals surface area (Å²) in [5.41, 5.74) is 0.687. The van der Waals surface area contributed by atoms with E-state index in [-0.39, 0.29) is 29.1 Å². The molecule has 6 heteroatoms. The zero-order chi connectivity index (χ0) is 17.4. The van der Waals surface area contributed by atoms with E-state index < -0.39 is 4.92 Å². The number of piperazine rings is 1. The number of amides is 1. The average molecular weight is 319 g/mol. The van der Waals surface area contributed by atoms with E-state index in [4.69, 9.17) is 0 Å². The standard InChI is InChI=1S/C17H25N3O3/c1-11-12(2)19(9-8-18-11)16(21)13-6-7-14(17(3,4)5)15(10-13)20(22)23/h6-7,10-12,18H,8-9H2,1-5H3. The Morgan fingerprint density at radius 2 is 2.00 bits per heavy atom. The lowest BCUT2D eigenvalue weighted by molar-refractivity contribution is -0.386. The highest BCUT2D eigenvalue weighted by Gasteiger charge is 2.31. The summed E-state index contributed by atoms with van der Waals surface area (Å²) in [4.78, 5) is 25.6. The minimum Gasteiger partial charge on any atom is -0.333 e. The van der Waals surface area contributed by atoms with Crippen molar-refractivity contribution in [1.29, 1.82) is 0 Å². The lowest BCUT2D eigenvalue weighted by atomic mass is 9.85. The molecule has 2 atom stereocenters. The largest absolute Gasteiger partial charge is 0.333 e. The number of nitrogens with zero attached hydrogens (tertiary/aromatic N) is 2.